The molecule has 0 saturated heterocycles. The first-order valence-electron chi connectivity index (χ1n) is 10.8. The van der Waals surface area contributed by atoms with E-state index in [1.807, 2.05) is 35.2 Å². The van der Waals surface area contributed by atoms with Crippen LogP contribution in [0.2, 0.25) is 0 Å². The lowest BCUT2D eigenvalue weighted by molar-refractivity contribution is -0.0492. The molecule has 182 valence electrons. The number of ether oxygens (including phenoxy) is 1. The van der Waals surface area contributed by atoms with Gasteiger partial charge >= 0.3 is 15.5 Å². The summed E-state index contributed by atoms with van der Waals surface area (Å²) >= 11 is 0. The average Bonchev–Trinajstić information content (AvgIpc) is 3.27. The predicted molar refractivity (Wildman–Crippen MR) is 121 cm³/mol. The topological polar surface area (TPSA) is 78.5 Å². The van der Waals surface area contributed by atoms with Crippen molar-refractivity contribution in [2.75, 3.05) is 18.1 Å². The molecular formula is C23H25F3N4O3S. The Morgan fingerprint density at radius 3 is 2.53 bits per heavy atom. The maximum atomic E-state index is 13.5. The highest BCUT2D eigenvalue weighted by Gasteiger charge is 2.51. The van der Waals surface area contributed by atoms with E-state index in [2.05, 4.69) is 9.97 Å². The Kier molecular flexibility index (Phi) is 7.24. The molecule has 0 spiro atoms. The van der Waals surface area contributed by atoms with Crippen LogP contribution in [-0.2, 0) is 34.5 Å². The van der Waals surface area contributed by atoms with Crippen molar-refractivity contribution in [1.29, 1.82) is 0 Å². The molecule has 0 bridgehead atoms. The molecule has 34 heavy (non-hydrogen) atoms. The molecule has 0 aliphatic carbocycles. The Bertz CT molecular complexity index is 1170. The smallest absolute Gasteiger partial charge is 0.377 e. The van der Waals surface area contributed by atoms with Crippen LogP contribution in [0, 0.1) is 0 Å². The van der Waals surface area contributed by atoms with Gasteiger partial charge in [-0.2, -0.15) is 17.5 Å². The zero-order valence-electron chi connectivity index (χ0n) is 18.3. The first-order valence-corrected chi connectivity index (χ1v) is 12.2. The number of halogens is 3. The van der Waals surface area contributed by atoms with Gasteiger partial charge in [0, 0.05) is 37.6 Å². The number of benzene rings is 2. The molecule has 4 rings (SSSR count). The fraction of sp³-hybridized carbons (Fsp3) is 0.348. The van der Waals surface area contributed by atoms with Crippen LogP contribution in [0.15, 0.2) is 67.1 Å². The summed E-state index contributed by atoms with van der Waals surface area (Å²) in [5, 5.41) is 0. The molecule has 1 aliphatic rings. The lowest BCUT2D eigenvalue weighted by atomic mass is 10.1. The molecule has 2 heterocycles. The second kappa shape index (κ2) is 10.2. The number of aromatic amines is 1. The number of imidazole rings is 1. The van der Waals surface area contributed by atoms with Gasteiger partial charge in [-0.05, 0) is 23.6 Å². The molecule has 2 aromatic carbocycles. The number of hydrogen-bond acceptors (Lipinski definition) is 5. The second-order valence-electron chi connectivity index (χ2n) is 8.06. The summed E-state index contributed by atoms with van der Waals surface area (Å²) in [6, 6.07) is 15.9. The molecule has 1 aliphatic heterocycles. The number of H-pyrrole nitrogens is 1. The predicted octanol–water partition coefficient (Wildman–Crippen LogP) is 4.06. The number of rotatable bonds is 8. The Balaban J connectivity index is 1.61. The number of nitrogens with one attached hydrogen (secondary N) is 1. The van der Waals surface area contributed by atoms with E-state index in [9.17, 15) is 21.6 Å². The molecular weight excluding hydrogens is 469 g/mol. The van der Waals surface area contributed by atoms with Gasteiger partial charge in [-0.3, -0.25) is 0 Å². The van der Waals surface area contributed by atoms with Crippen LogP contribution in [0.1, 0.15) is 23.2 Å². The number of sulfonamides is 1. The average molecular weight is 495 g/mol. The Hall–Kier alpha value is -2.89. The standard InChI is InChI=1S/C23H25F3N4O3S/c24-23(25,26)34(31,32)29-13-19-8-4-5-9-22(19)30(14-20-12-27-17-28-20)21(15-29)10-11-33-16-18-6-2-1-3-7-18/h1-9,12,17,21H,10-11,13-16H2,(H,27,28). The van der Waals surface area contributed by atoms with Gasteiger partial charge in [0.05, 0.1) is 25.2 Å². The molecule has 1 aromatic heterocycles. The highest BCUT2D eigenvalue weighted by molar-refractivity contribution is 7.89. The monoisotopic (exact) mass is 494 g/mol. The molecule has 0 saturated carbocycles. The van der Waals surface area contributed by atoms with E-state index in [1.165, 1.54) is 6.33 Å². The molecule has 0 radical (unpaired) electrons. The number of para-hydroxylation sites is 1. The van der Waals surface area contributed by atoms with Crippen LogP contribution in [0.3, 0.4) is 0 Å². The van der Waals surface area contributed by atoms with E-state index in [0.717, 1.165) is 11.3 Å². The van der Waals surface area contributed by atoms with Crippen LogP contribution in [0.4, 0.5) is 18.9 Å². The van der Waals surface area contributed by atoms with E-state index >= 15 is 0 Å². The molecule has 1 atom stereocenters. The lowest BCUT2D eigenvalue weighted by Crippen LogP contribution is -2.47. The number of fused-ring (bicyclic) bond motifs is 1. The number of hydrogen-bond donors (Lipinski definition) is 1. The zero-order chi connectivity index (χ0) is 24.2. The molecule has 0 amide bonds. The third kappa shape index (κ3) is 5.43. The fourth-order valence-electron chi connectivity index (χ4n) is 4.04. The van der Waals surface area contributed by atoms with Crippen molar-refractivity contribution in [3.8, 4) is 0 Å². The zero-order valence-corrected chi connectivity index (χ0v) is 19.1. The van der Waals surface area contributed by atoms with Crippen molar-refractivity contribution in [2.24, 2.45) is 0 Å². The van der Waals surface area contributed by atoms with Crippen molar-refractivity contribution < 1.29 is 26.3 Å². The summed E-state index contributed by atoms with van der Waals surface area (Å²) in [4.78, 5) is 8.97. The summed E-state index contributed by atoms with van der Waals surface area (Å²) in [6.45, 7) is 0.259. The molecule has 7 nitrogen and oxygen atoms in total. The van der Waals surface area contributed by atoms with E-state index in [-0.39, 0.29) is 19.7 Å². The minimum Gasteiger partial charge on any atom is -0.377 e. The van der Waals surface area contributed by atoms with Crippen LogP contribution >= 0.6 is 0 Å². The van der Waals surface area contributed by atoms with Gasteiger partial charge in [-0.25, -0.2) is 13.4 Å². The van der Waals surface area contributed by atoms with Crippen molar-refractivity contribution in [3.63, 3.8) is 0 Å². The molecule has 1 N–H and O–H groups in total. The van der Waals surface area contributed by atoms with Crippen molar-refractivity contribution >= 4 is 15.7 Å². The summed E-state index contributed by atoms with van der Waals surface area (Å²) in [6.07, 6.45) is 3.50. The van der Waals surface area contributed by atoms with E-state index < -0.39 is 21.6 Å². The van der Waals surface area contributed by atoms with Gasteiger partial charge in [0.1, 0.15) is 0 Å². The lowest BCUT2D eigenvalue weighted by Gasteiger charge is -2.34. The second-order valence-corrected chi connectivity index (χ2v) is 9.99. The van der Waals surface area contributed by atoms with Crippen molar-refractivity contribution in [2.45, 2.75) is 37.7 Å². The summed E-state index contributed by atoms with van der Waals surface area (Å²) in [7, 11) is -5.51. The molecule has 0 fully saturated rings. The summed E-state index contributed by atoms with van der Waals surface area (Å²) < 4.78 is 71.5. The van der Waals surface area contributed by atoms with Gasteiger partial charge in [0.25, 0.3) is 0 Å². The Labute approximate surface area is 196 Å². The number of nitrogens with zero attached hydrogens (tertiary/aromatic N) is 3. The van der Waals surface area contributed by atoms with Gasteiger partial charge in [0.15, 0.2) is 0 Å². The van der Waals surface area contributed by atoms with E-state index in [1.54, 1.807) is 30.5 Å². The molecule has 11 heteroatoms. The maximum absolute atomic E-state index is 13.5. The largest absolute Gasteiger partial charge is 0.511 e. The molecule has 1 unspecified atom stereocenters. The quantitative estimate of drug-likeness (QED) is 0.478. The fourth-order valence-corrected chi connectivity index (χ4v) is 5.01. The highest BCUT2D eigenvalue weighted by atomic mass is 32.2. The Morgan fingerprint density at radius 1 is 1.09 bits per heavy atom. The van der Waals surface area contributed by atoms with Gasteiger partial charge in [-0.1, -0.05) is 48.5 Å². The first-order chi connectivity index (χ1) is 16.3. The van der Waals surface area contributed by atoms with Crippen molar-refractivity contribution in [3.05, 3.63) is 83.9 Å². The van der Waals surface area contributed by atoms with Crippen molar-refractivity contribution in [1.82, 2.24) is 14.3 Å². The minimum atomic E-state index is -5.51. The normalized spacial score (nSPS) is 17.4. The van der Waals surface area contributed by atoms with Gasteiger partial charge in [0.2, 0.25) is 0 Å². The highest BCUT2D eigenvalue weighted by Crippen LogP contribution is 2.35. The minimum absolute atomic E-state index is 0.251. The SMILES string of the molecule is O=S(=O)(N1Cc2ccccc2N(Cc2cnc[nH]2)C(CCOCc2ccccc2)C1)C(F)(F)F. The van der Waals surface area contributed by atoms with Crippen LogP contribution in [0.25, 0.3) is 0 Å². The van der Waals surface area contributed by atoms with Crippen LogP contribution in [0.5, 0.6) is 0 Å². The van der Waals surface area contributed by atoms with Crippen LogP contribution < -0.4 is 4.90 Å². The summed E-state index contributed by atoms with van der Waals surface area (Å²) in [5.74, 6) is 0. The number of aromatic nitrogens is 2. The van der Waals surface area contributed by atoms with E-state index in [0.29, 0.717) is 35.1 Å². The number of anilines is 1. The number of alkyl halides is 3. The van der Waals surface area contributed by atoms with E-state index in [4.69, 9.17) is 4.74 Å². The molecule has 3 aromatic rings. The summed E-state index contributed by atoms with van der Waals surface area (Å²) in [5.41, 5.74) is -2.46. The third-order valence-corrected chi connectivity index (χ3v) is 7.28. The van der Waals surface area contributed by atoms with Gasteiger partial charge < -0.3 is 14.6 Å². The third-order valence-electron chi connectivity index (χ3n) is 5.74. The van der Waals surface area contributed by atoms with Gasteiger partial charge in [-0.15, -0.1) is 0 Å². The van der Waals surface area contributed by atoms with Crippen LogP contribution in [-0.4, -0.2) is 47.4 Å². The maximum Gasteiger partial charge on any atom is 0.511 e. The first kappa shape index (κ1) is 24.2. The Morgan fingerprint density at radius 2 is 1.82 bits per heavy atom.